The summed E-state index contributed by atoms with van der Waals surface area (Å²) in [4.78, 5) is 11.5. The molecule has 0 aliphatic rings. The number of benzene rings is 2. The first-order chi connectivity index (χ1) is 10.4. The van der Waals surface area contributed by atoms with Gasteiger partial charge in [0.25, 0.3) is 0 Å². The molecule has 1 atom stereocenters. The van der Waals surface area contributed by atoms with E-state index in [0.29, 0.717) is 17.9 Å². The zero-order valence-corrected chi connectivity index (χ0v) is 12.8. The summed E-state index contributed by atoms with van der Waals surface area (Å²) < 4.78 is 5.73. The third-order valence-corrected chi connectivity index (χ3v) is 3.74. The monoisotopic (exact) mass is 299 g/mol. The lowest BCUT2D eigenvalue weighted by Crippen LogP contribution is -2.37. The second kappa shape index (κ2) is 6.62. The van der Waals surface area contributed by atoms with Crippen molar-refractivity contribution < 1.29 is 14.6 Å². The van der Waals surface area contributed by atoms with Gasteiger partial charge in [-0.25, -0.2) is 0 Å². The highest BCUT2D eigenvalue weighted by Gasteiger charge is 2.35. The molecule has 0 spiro atoms. The second-order valence-electron chi connectivity index (χ2n) is 5.84. The van der Waals surface area contributed by atoms with Crippen molar-refractivity contribution in [2.45, 2.75) is 26.6 Å². The van der Waals surface area contributed by atoms with E-state index in [4.69, 9.17) is 10.5 Å². The average Bonchev–Trinajstić information content (AvgIpc) is 2.53. The van der Waals surface area contributed by atoms with E-state index < -0.39 is 17.4 Å². The van der Waals surface area contributed by atoms with Crippen LogP contribution in [0.4, 0.5) is 0 Å². The van der Waals surface area contributed by atoms with Crippen LogP contribution in [0.5, 0.6) is 5.75 Å². The lowest BCUT2D eigenvalue weighted by molar-refractivity contribution is -0.132. The minimum absolute atomic E-state index is 0.444. The van der Waals surface area contributed by atoms with Crippen molar-refractivity contribution in [3.63, 3.8) is 0 Å². The Bertz CT molecular complexity index is 638. The van der Waals surface area contributed by atoms with Gasteiger partial charge in [-0.05, 0) is 37.1 Å². The predicted octanol–water partition coefficient (Wildman–Crippen LogP) is 2.81. The number of carbonyl (C=O) groups excluding carboxylic acids is 1. The molecule has 0 fully saturated rings. The molecule has 3 N–H and O–H groups in total. The molecule has 22 heavy (non-hydrogen) atoms. The summed E-state index contributed by atoms with van der Waals surface area (Å²) in [7, 11) is 0. The molecule has 2 aromatic carbocycles. The molecule has 4 nitrogen and oxygen atoms in total. The Morgan fingerprint density at radius 2 is 1.86 bits per heavy atom. The van der Waals surface area contributed by atoms with Gasteiger partial charge in [-0.2, -0.15) is 0 Å². The summed E-state index contributed by atoms with van der Waals surface area (Å²) in [6.07, 6.45) is -0.981. The molecule has 0 saturated heterocycles. The maximum absolute atomic E-state index is 11.5. The van der Waals surface area contributed by atoms with Gasteiger partial charge in [0.1, 0.15) is 12.4 Å². The SMILES string of the molecule is CC(C)(C(N)=O)C(O)c1cccc(OCc2ccccc2)c1. The van der Waals surface area contributed by atoms with E-state index in [2.05, 4.69) is 0 Å². The topological polar surface area (TPSA) is 72.6 Å². The highest BCUT2D eigenvalue weighted by Crippen LogP contribution is 2.34. The minimum atomic E-state index is -1.04. The number of primary amides is 1. The molecule has 0 aromatic heterocycles. The number of aliphatic hydroxyl groups is 1. The summed E-state index contributed by atoms with van der Waals surface area (Å²) in [6, 6.07) is 16.9. The van der Waals surface area contributed by atoms with Gasteiger partial charge >= 0.3 is 0 Å². The highest BCUT2D eigenvalue weighted by atomic mass is 16.5. The van der Waals surface area contributed by atoms with E-state index in [1.54, 1.807) is 32.0 Å². The molecule has 2 aromatic rings. The Balaban J connectivity index is 2.11. The molecule has 0 aliphatic heterocycles. The first-order valence-corrected chi connectivity index (χ1v) is 7.16. The summed E-state index contributed by atoms with van der Waals surface area (Å²) in [5.41, 5.74) is 5.97. The molecule has 1 amide bonds. The lowest BCUT2D eigenvalue weighted by Gasteiger charge is -2.27. The van der Waals surface area contributed by atoms with Crippen LogP contribution in [0.15, 0.2) is 54.6 Å². The van der Waals surface area contributed by atoms with E-state index in [0.717, 1.165) is 5.56 Å². The third kappa shape index (κ3) is 3.65. The first-order valence-electron chi connectivity index (χ1n) is 7.16. The molecule has 0 saturated carbocycles. The Morgan fingerprint density at radius 1 is 1.18 bits per heavy atom. The van der Waals surface area contributed by atoms with Crippen LogP contribution in [0.25, 0.3) is 0 Å². The van der Waals surface area contributed by atoms with Crippen LogP contribution in [-0.4, -0.2) is 11.0 Å². The number of aliphatic hydroxyl groups excluding tert-OH is 1. The third-order valence-electron chi connectivity index (χ3n) is 3.74. The largest absolute Gasteiger partial charge is 0.489 e. The van der Waals surface area contributed by atoms with Gasteiger partial charge in [0.05, 0.1) is 11.5 Å². The van der Waals surface area contributed by atoms with E-state index in [1.165, 1.54) is 0 Å². The van der Waals surface area contributed by atoms with E-state index in [1.807, 2.05) is 36.4 Å². The second-order valence-corrected chi connectivity index (χ2v) is 5.84. The van der Waals surface area contributed by atoms with Crippen molar-refractivity contribution in [2.75, 3.05) is 0 Å². The van der Waals surface area contributed by atoms with Crippen LogP contribution < -0.4 is 10.5 Å². The van der Waals surface area contributed by atoms with E-state index in [9.17, 15) is 9.90 Å². The van der Waals surface area contributed by atoms with Crippen LogP contribution in [-0.2, 0) is 11.4 Å². The molecular formula is C18H21NO3. The summed E-state index contributed by atoms with van der Waals surface area (Å²) in [6.45, 7) is 3.69. The molecule has 0 heterocycles. The number of hydrogen-bond acceptors (Lipinski definition) is 3. The number of amides is 1. The average molecular weight is 299 g/mol. The molecule has 1 unspecified atom stereocenters. The van der Waals surface area contributed by atoms with Crippen molar-refractivity contribution in [1.82, 2.24) is 0 Å². The number of carbonyl (C=O) groups is 1. The van der Waals surface area contributed by atoms with Crippen molar-refractivity contribution >= 4 is 5.91 Å². The fourth-order valence-corrected chi connectivity index (χ4v) is 2.07. The molecule has 0 bridgehead atoms. The fraction of sp³-hybridized carbons (Fsp3) is 0.278. The smallest absolute Gasteiger partial charge is 0.226 e. The van der Waals surface area contributed by atoms with Gasteiger partial charge in [-0.3, -0.25) is 4.79 Å². The Morgan fingerprint density at radius 3 is 2.50 bits per heavy atom. The van der Waals surface area contributed by atoms with E-state index >= 15 is 0 Å². The lowest BCUT2D eigenvalue weighted by atomic mass is 9.82. The minimum Gasteiger partial charge on any atom is -0.489 e. The van der Waals surface area contributed by atoms with Gasteiger partial charge in [-0.1, -0.05) is 42.5 Å². The van der Waals surface area contributed by atoms with Gasteiger partial charge in [0.2, 0.25) is 5.91 Å². The van der Waals surface area contributed by atoms with Crippen LogP contribution in [0, 0.1) is 5.41 Å². The van der Waals surface area contributed by atoms with Crippen LogP contribution in [0.3, 0.4) is 0 Å². The van der Waals surface area contributed by atoms with Crippen LogP contribution in [0.1, 0.15) is 31.1 Å². The molecular weight excluding hydrogens is 278 g/mol. The quantitative estimate of drug-likeness (QED) is 0.861. The molecule has 116 valence electrons. The van der Waals surface area contributed by atoms with Gasteiger partial charge in [0, 0.05) is 0 Å². The first kappa shape index (κ1) is 16.0. The zero-order chi connectivity index (χ0) is 16.2. The molecule has 4 heteroatoms. The molecule has 0 aliphatic carbocycles. The Hall–Kier alpha value is -2.33. The number of rotatable bonds is 6. The van der Waals surface area contributed by atoms with Crippen LogP contribution in [0.2, 0.25) is 0 Å². The number of hydrogen-bond donors (Lipinski definition) is 2. The highest BCUT2D eigenvalue weighted by molar-refractivity contribution is 5.80. The van der Waals surface area contributed by atoms with Gasteiger partial charge in [-0.15, -0.1) is 0 Å². The van der Waals surface area contributed by atoms with Gasteiger partial charge < -0.3 is 15.6 Å². The maximum Gasteiger partial charge on any atom is 0.226 e. The van der Waals surface area contributed by atoms with Crippen molar-refractivity contribution in [3.05, 3.63) is 65.7 Å². The summed E-state index contributed by atoms with van der Waals surface area (Å²) in [5.74, 6) is 0.0938. The zero-order valence-electron chi connectivity index (χ0n) is 12.8. The number of nitrogens with two attached hydrogens (primary N) is 1. The summed E-state index contributed by atoms with van der Waals surface area (Å²) in [5, 5.41) is 10.4. The van der Waals surface area contributed by atoms with Crippen molar-refractivity contribution in [3.8, 4) is 5.75 Å². The Labute approximate surface area is 130 Å². The number of ether oxygens (including phenoxy) is 1. The van der Waals surface area contributed by atoms with E-state index in [-0.39, 0.29) is 0 Å². The standard InChI is InChI=1S/C18H21NO3/c1-18(2,17(19)21)16(20)14-9-6-10-15(11-14)22-12-13-7-4-3-5-8-13/h3-11,16,20H,12H2,1-2H3,(H2,19,21). The van der Waals surface area contributed by atoms with Crippen molar-refractivity contribution in [2.24, 2.45) is 11.1 Å². The molecule has 0 radical (unpaired) electrons. The van der Waals surface area contributed by atoms with Gasteiger partial charge in [0.15, 0.2) is 0 Å². The van der Waals surface area contributed by atoms with Crippen molar-refractivity contribution in [1.29, 1.82) is 0 Å². The fourth-order valence-electron chi connectivity index (χ4n) is 2.07. The summed E-state index contributed by atoms with van der Waals surface area (Å²) >= 11 is 0. The van der Waals surface area contributed by atoms with Crippen LogP contribution >= 0.6 is 0 Å². The predicted molar refractivity (Wildman–Crippen MR) is 85.2 cm³/mol. The normalized spacial score (nSPS) is 12.7. The Kier molecular flexibility index (Phi) is 4.83. The molecule has 2 rings (SSSR count). The maximum atomic E-state index is 11.5.